The molecule has 0 saturated carbocycles. The van der Waals surface area contributed by atoms with Crippen LogP contribution in [0.4, 0.5) is 10.1 Å². The van der Waals surface area contributed by atoms with Gasteiger partial charge in [0.2, 0.25) is 0 Å². The van der Waals surface area contributed by atoms with Crippen LogP contribution in [-0.4, -0.2) is 0 Å². The van der Waals surface area contributed by atoms with Crippen LogP contribution < -0.4 is 5.73 Å². The normalized spacial score (nSPS) is 14.8. The summed E-state index contributed by atoms with van der Waals surface area (Å²) in [5, 5.41) is 0.0995. The van der Waals surface area contributed by atoms with Crippen LogP contribution in [0.2, 0.25) is 5.02 Å². The van der Waals surface area contributed by atoms with E-state index >= 15 is 0 Å². The highest BCUT2D eigenvalue weighted by molar-refractivity contribution is 6.32. The lowest BCUT2D eigenvalue weighted by Crippen LogP contribution is -1.96. The third kappa shape index (κ3) is 0.974. The van der Waals surface area contributed by atoms with Crippen LogP contribution in [0.5, 0.6) is 0 Å². The van der Waals surface area contributed by atoms with Crippen LogP contribution >= 0.6 is 11.6 Å². The van der Waals surface area contributed by atoms with Gasteiger partial charge in [-0.05, 0) is 11.6 Å². The lowest BCUT2D eigenvalue weighted by molar-refractivity contribution is 0.134. The van der Waals surface area contributed by atoms with Crippen molar-refractivity contribution < 1.29 is 9.13 Å². The summed E-state index contributed by atoms with van der Waals surface area (Å²) in [6.45, 7) is 0.852. The number of fused-ring (bicyclic) bond motifs is 1. The Morgan fingerprint density at radius 3 is 3.00 bits per heavy atom. The SMILES string of the molecule is Nc1cc2c(c(Cl)c1F)COC2. The molecule has 0 radical (unpaired) electrons. The molecule has 1 aliphatic rings. The van der Waals surface area contributed by atoms with E-state index < -0.39 is 5.82 Å². The number of hydrogen-bond donors (Lipinski definition) is 1. The monoisotopic (exact) mass is 187 g/mol. The van der Waals surface area contributed by atoms with E-state index in [2.05, 4.69) is 0 Å². The number of nitrogen functional groups attached to an aromatic ring is 1. The number of hydrogen-bond acceptors (Lipinski definition) is 2. The van der Waals surface area contributed by atoms with Crippen LogP contribution in [0.15, 0.2) is 6.07 Å². The Labute approximate surface area is 74.1 Å². The minimum Gasteiger partial charge on any atom is -0.396 e. The molecule has 2 rings (SSSR count). The Hall–Kier alpha value is -0.800. The van der Waals surface area contributed by atoms with Crippen molar-refractivity contribution in [1.29, 1.82) is 0 Å². The van der Waals surface area contributed by atoms with Crippen LogP contribution in [0, 0.1) is 5.82 Å². The van der Waals surface area contributed by atoms with E-state index in [-0.39, 0.29) is 10.7 Å². The first-order chi connectivity index (χ1) is 5.70. The van der Waals surface area contributed by atoms with Crippen molar-refractivity contribution in [3.05, 3.63) is 28.0 Å². The van der Waals surface area contributed by atoms with Crippen molar-refractivity contribution in [2.45, 2.75) is 13.2 Å². The molecule has 1 aromatic carbocycles. The molecule has 0 aliphatic carbocycles. The Kier molecular flexibility index (Phi) is 1.70. The topological polar surface area (TPSA) is 35.2 Å². The largest absolute Gasteiger partial charge is 0.396 e. The van der Waals surface area contributed by atoms with E-state index in [4.69, 9.17) is 22.1 Å². The molecule has 0 spiro atoms. The highest BCUT2D eigenvalue weighted by Crippen LogP contribution is 2.32. The molecule has 1 aliphatic heterocycles. The van der Waals surface area contributed by atoms with E-state index in [9.17, 15) is 4.39 Å². The molecule has 0 saturated heterocycles. The Bertz CT molecular complexity index is 340. The average molecular weight is 188 g/mol. The second kappa shape index (κ2) is 2.61. The van der Waals surface area contributed by atoms with Gasteiger partial charge in [0, 0.05) is 5.56 Å². The lowest BCUT2D eigenvalue weighted by Gasteiger charge is -2.03. The fraction of sp³-hybridized carbons (Fsp3) is 0.250. The van der Waals surface area contributed by atoms with Crippen molar-refractivity contribution in [2.24, 2.45) is 0 Å². The van der Waals surface area contributed by atoms with Crippen molar-refractivity contribution in [2.75, 3.05) is 5.73 Å². The van der Waals surface area contributed by atoms with Crippen molar-refractivity contribution in [3.8, 4) is 0 Å². The summed E-state index contributed by atoms with van der Waals surface area (Å²) in [6, 6.07) is 1.57. The van der Waals surface area contributed by atoms with E-state index in [1.165, 1.54) is 0 Å². The van der Waals surface area contributed by atoms with Crippen molar-refractivity contribution in [3.63, 3.8) is 0 Å². The highest BCUT2D eigenvalue weighted by atomic mass is 35.5. The standard InChI is InChI=1S/C8H7ClFNO/c9-7-5-3-12-2-4(5)1-6(11)8(7)10/h1H,2-3,11H2. The quantitative estimate of drug-likeness (QED) is 0.632. The molecule has 0 fully saturated rings. The van der Waals surface area contributed by atoms with E-state index in [1.807, 2.05) is 0 Å². The molecule has 1 aromatic rings. The van der Waals surface area contributed by atoms with E-state index in [0.29, 0.717) is 13.2 Å². The minimum absolute atomic E-state index is 0.0873. The summed E-state index contributed by atoms with van der Waals surface area (Å²) in [5.41, 5.74) is 7.08. The van der Waals surface area contributed by atoms with Crippen LogP contribution in [-0.2, 0) is 18.0 Å². The third-order valence-corrected chi connectivity index (χ3v) is 2.33. The maximum atomic E-state index is 13.1. The molecule has 1 heterocycles. The molecule has 0 unspecified atom stereocenters. The van der Waals surface area contributed by atoms with Gasteiger partial charge < -0.3 is 10.5 Å². The van der Waals surface area contributed by atoms with Gasteiger partial charge >= 0.3 is 0 Å². The summed E-state index contributed by atoms with van der Waals surface area (Å²) in [4.78, 5) is 0. The van der Waals surface area contributed by atoms with E-state index in [1.54, 1.807) is 6.07 Å². The molecular formula is C8H7ClFNO. The minimum atomic E-state index is -0.541. The van der Waals surface area contributed by atoms with Gasteiger partial charge in [-0.25, -0.2) is 4.39 Å². The summed E-state index contributed by atoms with van der Waals surface area (Å²) < 4.78 is 18.2. The summed E-state index contributed by atoms with van der Waals surface area (Å²) in [7, 11) is 0. The average Bonchev–Trinajstić information content (AvgIpc) is 2.48. The zero-order chi connectivity index (χ0) is 8.72. The third-order valence-electron chi connectivity index (χ3n) is 1.93. The van der Waals surface area contributed by atoms with Crippen LogP contribution in [0.3, 0.4) is 0 Å². The fourth-order valence-electron chi connectivity index (χ4n) is 1.29. The van der Waals surface area contributed by atoms with Gasteiger partial charge in [0.05, 0.1) is 23.9 Å². The molecule has 0 amide bonds. The van der Waals surface area contributed by atoms with Gasteiger partial charge in [-0.3, -0.25) is 0 Å². The predicted molar refractivity (Wildman–Crippen MR) is 44.3 cm³/mol. The summed E-state index contributed by atoms with van der Waals surface area (Å²) in [5.74, 6) is -0.541. The van der Waals surface area contributed by atoms with Gasteiger partial charge in [-0.1, -0.05) is 11.6 Å². The Morgan fingerprint density at radius 1 is 1.50 bits per heavy atom. The van der Waals surface area contributed by atoms with Gasteiger partial charge in [-0.2, -0.15) is 0 Å². The molecular weight excluding hydrogens is 181 g/mol. The molecule has 64 valence electrons. The van der Waals surface area contributed by atoms with Crippen molar-refractivity contribution in [1.82, 2.24) is 0 Å². The molecule has 4 heteroatoms. The number of nitrogens with two attached hydrogens (primary N) is 1. The molecule has 12 heavy (non-hydrogen) atoms. The predicted octanol–water partition coefficient (Wildman–Crippen LogP) is 2.09. The molecule has 0 bridgehead atoms. The highest BCUT2D eigenvalue weighted by Gasteiger charge is 2.19. The second-order valence-corrected chi connectivity index (χ2v) is 3.10. The lowest BCUT2D eigenvalue weighted by atomic mass is 10.1. The molecule has 2 nitrogen and oxygen atoms in total. The zero-order valence-electron chi connectivity index (χ0n) is 6.23. The van der Waals surface area contributed by atoms with Crippen LogP contribution in [0.25, 0.3) is 0 Å². The first kappa shape index (κ1) is 7.83. The Balaban J connectivity index is 2.67. The maximum Gasteiger partial charge on any atom is 0.165 e. The van der Waals surface area contributed by atoms with Crippen LogP contribution in [0.1, 0.15) is 11.1 Å². The number of benzene rings is 1. The van der Waals surface area contributed by atoms with Gasteiger partial charge in [0.1, 0.15) is 0 Å². The fourth-order valence-corrected chi connectivity index (χ4v) is 1.57. The number of rotatable bonds is 0. The molecule has 2 N–H and O–H groups in total. The number of halogens is 2. The smallest absolute Gasteiger partial charge is 0.165 e. The van der Waals surface area contributed by atoms with Crippen molar-refractivity contribution >= 4 is 17.3 Å². The number of ether oxygens (including phenoxy) is 1. The number of anilines is 1. The first-order valence-corrected chi connectivity index (χ1v) is 3.91. The zero-order valence-corrected chi connectivity index (χ0v) is 6.99. The maximum absolute atomic E-state index is 13.1. The van der Waals surface area contributed by atoms with Gasteiger partial charge in [0.15, 0.2) is 5.82 Å². The first-order valence-electron chi connectivity index (χ1n) is 3.53. The summed E-state index contributed by atoms with van der Waals surface area (Å²) in [6.07, 6.45) is 0. The summed E-state index contributed by atoms with van der Waals surface area (Å²) >= 11 is 5.71. The van der Waals surface area contributed by atoms with E-state index in [0.717, 1.165) is 11.1 Å². The van der Waals surface area contributed by atoms with Gasteiger partial charge in [0.25, 0.3) is 0 Å². The van der Waals surface area contributed by atoms with Gasteiger partial charge in [-0.15, -0.1) is 0 Å². The molecule has 0 atom stereocenters. The Morgan fingerprint density at radius 2 is 2.25 bits per heavy atom. The molecule has 0 aromatic heterocycles. The second-order valence-electron chi connectivity index (χ2n) is 2.72.